The minimum atomic E-state index is -5.08. The van der Waals surface area contributed by atoms with Crippen molar-refractivity contribution in [1.82, 2.24) is 5.32 Å². The predicted molar refractivity (Wildman–Crippen MR) is 132 cm³/mol. The van der Waals surface area contributed by atoms with Gasteiger partial charge >= 0.3 is 18.1 Å². The minimum Gasteiger partial charge on any atom is -0.481 e. The molecule has 15 heteroatoms. The molecule has 0 saturated carbocycles. The number of carbonyl (C=O) groups excluding carboxylic acids is 2. The third-order valence-electron chi connectivity index (χ3n) is 4.56. The fraction of sp³-hybridized carbons (Fsp3) is 0.261. The Morgan fingerprint density at radius 2 is 1.50 bits per heavy atom. The fourth-order valence-corrected chi connectivity index (χ4v) is 2.67. The molecule has 1 unspecified atom stereocenters. The lowest BCUT2D eigenvalue weighted by Crippen LogP contribution is -2.41. The number of nitrogens with one attached hydrogen (secondary N) is 2. The predicted octanol–water partition coefficient (Wildman–Crippen LogP) is 1.33. The molecule has 12 nitrogen and oxygen atoms in total. The van der Waals surface area contributed by atoms with Crippen LogP contribution >= 0.6 is 0 Å². The number of alkyl halides is 3. The number of rotatable bonds is 10. The Morgan fingerprint density at radius 3 is 1.97 bits per heavy atom. The number of carbonyl (C=O) groups is 4. The maximum Gasteiger partial charge on any atom is 0.490 e. The molecule has 2 amide bonds. The highest BCUT2D eigenvalue weighted by molar-refractivity contribution is 6.04. The molecule has 1 atom stereocenters. The summed E-state index contributed by atoms with van der Waals surface area (Å²) >= 11 is 0. The molecular formula is C23H27F3N6O6. The highest BCUT2D eigenvalue weighted by Crippen LogP contribution is 2.16. The molecule has 0 spiro atoms. The molecule has 0 aromatic heterocycles. The summed E-state index contributed by atoms with van der Waals surface area (Å²) in [6, 6.07) is 12.9. The number of nitrogens with two attached hydrogens (primary N) is 3. The van der Waals surface area contributed by atoms with Gasteiger partial charge in [-0.25, -0.2) is 9.79 Å². The van der Waals surface area contributed by atoms with E-state index in [0.29, 0.717) is 29.9 Å². The van der Waals surface area contributed by atoms with Gasteiger partial charge in [-0.2, -0.15) is 13.2 Å². The monoisotopic (exact) mass is 540 g/mol. The lowest BCUT2D eigenvalue weighted by molar-refractivity contribution is -0.192. The highest BCUT2D eigenvalue weighted by atomic mass is 19.4. The van der Waals surface area contributed by atoms with Crippen molar-refractivity contribution in [3.8, 4) is 0 Å². The summed E-state index contributed by atoms with van der Waals surface area (Å²) in [4.78, 5) is 47.5. The van der Waals surface area contributed by atoms with E-state index in [1.807, 2.05) is 12.1 Å². The lowest BCUT2D eigenvalue weighted by Gasteiger charge is -2.11. The first-order chi connectivity index (χ1) is 17.7. The van der Waals surface area contributed by atoms with Crippen molar-refractivity contribution in [3.63, 3.8) is 0 Å². The number of benzene rings is 2. The zero-order chi connectivity index (χ0) is 28.9. The zero-order valence-corrected chi connectivity index (χ0v) is 19.9. The summed E-state index contributed by atoms with van der Waals surface area (Å²) in [5.41, 5.74) is 18.9. The topological polar surface area (TPSA) is 223 Å². The van der Waals surface area contributed by atoms with E-state index >= 15 is 0 Å². The first-order valence-corrected chi connectivity index (χ1v) is 10.8. The number of anilines is 1. The average Bonchev–Trinajstić information content (AvgIpc) is 2.83. The molecule has 10 N–H and O–H groups in total. The largest absolute Gasteiger partial charge is 0.490 e. The molecule has 38 heavy (non-hydrogen) atoms. The molecule has 0 saturated heterocycles. The van der Waals surface area contributed by atoms with Crippen LogP contribution in [0.2, 0.25) is 0 Å². The van der Waals surface area contributed by atoms with Gasteiger partial charge in [0.25, 0.3) is 5.91 Å². The first-order valence-electron chi connectivity index (χ1n) is 10.8. The number of halogens is 3. The van der Waals surface area contributed by atoms with Crippen LogP contribution in [0.3, 0.4) is 0 Å². The first kappa shape index (κ1) is 31.4. The standard InChI is InChI=1S/C21H26N6O4.C2HF3O2/c22-17(9-10-18(28)29)20(31)25-12-11-13-1-5-15(6-2-13)26-19(30)14-3-7-16(8-4-14)27-21(23)24;3-2(4,5)1(6)7/h1-8,17H,9-12,22H2,(H,25,31)(H,26,30)(H,28,29)(H4,23,24,27);(H,6,7). The van der Waals surface area contributed by atoms with Crippen LogP contribution in [-0.4, -0.2) is 58.7 Å². The van der Waals surface area contributed by atoms with Crippen LogP contribution in [0.25, 0.3) is 0 Å². The van der Waals surface area contributed by atoms with Gasteiger partial charge < -0.3 is 38.0 Å². The fourth-order valence-electron chi connectivity index (χ4n) is 2.67. The van der Waals surface area contributed by atoms with Crippen molar-refractivity contribution in [1.29, 1.82) is 0 Å². The van der Waals surface area contributed by atoms with Gasteiger partial charge in [0.05, 0.1) is 11.7 Å². The number of amides is 2. The van der Waals surface area contributed by atoms with Gasteiger partial charge in [0.1, 0.15) is 0 Å². The Bertz CT molecular complexity index is 1130. The summed E-state index contributed by atoms with van der Waals surface area (Å²) in [5.74, 6) is -4.45. The molecule has 0 heterocycles. The van der Waals surface area contributed by atoms with Crippen molar-refractivity contribution < 1.29 is 42.6 Å². The number of nitrogens with zero attached hydrogens (tertiary/aromatic N) is 1. The van der Waals surface area contributed by atoms with Crippen LogP contribution in [0.4, 0.5) is 24.5 Å². The summed E-state index contributed by atoms with van der Waals surface area (Å²) in [6.07, 6.45) is -4.58. The number of guanidine groups is 1. The SMILES string of the molecule is NC(N)=Nc1ccc(C(=O)Nc2ccc(CCNC(=O)C(N)CCC(=O)O)cc2)cc1.O=C(O)C(F)(F)F. The van der Waals surface area contributed by atoms with Crippen LogP contribution in [0, 0.1) is 0 Å². The molecule has 2 aromatic rings. The highest BCUT2D eigenvalue weighted by Gasteiger charge is 2.38. The van der Waals surface area contributed by atoms with Crippen molar-refractivity contribution in [2.75, 3.05) is 11.9 Å². The number of carboxylic acid groups (broad SMARTS) is 2. The normalized spacial score (nSPS) is 11.3. The van der Waals surface area contributed by atoms with Gasteiger partial charge in [-0.05, 0) is 54.8 Å². The molecule has 0 aliphatic rings. The Balaban J connectivity index is 0.000000905. The van der Waals surface area contributed by atoms with E-state index in [9.17, 15) is 27.6 Å². The van der Waals surface area contributed by atoms with Crippen molar-refractivity contribution in [3.05, 3.63) is 59.7 Å². The van der Waals surface area contributed by atoms with E-state index in [0.717, 1.165) is 5.56 Å². The van der Waals surface area contributed by atoms with Gasteiger partial charge in [0.2, 0.25) is 5.91 Å². The van der Waals surface area contributed by atoms with Gasteiger partial charge in [0.15, 0.2) is 5.96 Å². The van der Waals surface area contributed by atoms with Crippen LogP contribution in [0.5, 0.6) is 0 Å². The molecule has 2 rings (SSSR count). The van der Waals surface area contributed by atoms with Gasteiger partial charge in [-0.15, -0.1) is 0 Å². The van der Waals surface area contributed by atoms with Crippen molar-refractivity contribution >= 4 is 41.1 Å². The Kier molecular flexibility index (Phi) is 12.2. The van der Waals surface area contributed by atoms with Crippen molar-refractivity contribution in [2.24, 2.45) is 22.2 Å². The van der Waals surface area contributed by atoms with Gasteiger partial charge in [-0.1, -0.05) is 12.1 Å². The second kappa shape index (κ2) is 14.8. The number of aliphatic carboxylic acids is 2. The second-order valence-electron chi connectivity index (χ2n) is 7.62. The van der Waals surface area contributed by atoms with E-state index in [4.69, 9.17) is 32.2 Å². The van der Waals surface area contributed by atoms with Crippen LogP contribution in [0.15, 0.2) is 53.5 Å². The Hall–Kier alpha value is -4.66. The second-order valence-corrected chi connectivity index (χ2v) is 7.62. The molecule has 0 radical (unpaired) electrons. The summed E-state index contributed by atoms with van der Waals surface area (Å²) in [6.45, 7) is 0.369. The summed E-state index contributed by atoms with van der Waals surface area (Å²) in [5, 5.41) is 21.2. The quantitative estimate of drug-likeness (QED) is 0.170. The van der Waals surface area contributed by atoms with Crippen LogP contribution in [0.1, 0.15) is 28.8 Å². The third kappa shape index (κ3) is 12.3. The lowest BCUT2D eigenvalue weighted by atomic mass is 10.1. The number of hydrogen-bond acceptors (Lipinski definition) is 6. The molecule has 2 aromatic carbocycles. The van der Waals surface area contributed by atoms with Crippen molar-refractivity contribution in [2.45, 2.75) is 31.5 Å². The van der Waals surface area contributed by atoms with E-state index in [1.165, 1.54) is 0 Å². The molecule has 0 fully saturated rings. The summed E-state index contributed by atoms with van der Waals surface area (Å²) in [7, 11) is 0. The molecule has 0 aliphatic carbocycles. The average molecular weight is 540 g/mol. The third-order valence-corrected chi connectivity index (χ3v) is 4.56. The maximum absolute atomic E-state index is 12.3. The molecule has 206 valence electrons. The number of hydrogen-bond donors (Lipinski definition) is 7. The Morgan fingerprint density at radius 1 is 0.947 bits per heavy atom. The smallest absolute Gasteiger partial charge is 0.481 e. The molecular weight excluding hydrogens is 513 g/mol. The van der Waals surface area contributed by atoms with Crippen LogP contribution < -0.4 is 27.8 Å². The number of carboxylic acids is 2. The van der Waals surface area contributed by atoms with E-state index in [2.05, 4.69) is 15.6 Å². The van der Waals surface area contributed by atoms with Gasteiger partial charge in [-0.3, -0.25) is 14.4 Å². The number of aliphatic imine (C=N–C) groups is 1. The van der Waals surface area contributed by atoms with Gasteiger partial charge in [0, 0.05) is 24.2 Å². The summed E-state index contributed by atoms with van der Waals surface area (Å²) < 4.78 is 31.7. The molecule has 0 bridgehead atoms. The zero-order valence-electron chi connectivity index (χ0n) is 19.9. The molecule has 0 aliphatic heterocycles. The minimum absolute atomic E-state index is 0.0575. The Labute approximate surface area is 214 Å². The van der Waals surface area contributed by atoms with E-state index < -0.39 is 24.2 Å². The van der Waals surface area contributed by atoms with E-state index in [-0.39, 0.29) is 30.6 Å². The van der Waals surface area contributed by atoms with Crippen LogP contribution in [-0.2, 0) is 20.8 Å². The maximum atomic E-state index is 12.3. The van der Waals surface area contributed by atoms with E-state index in [1.54, 1.807) is 36.4 Å².